The quantitative estimate of drug-likeness (QED) is 0.235. The summed E-state index contributed by atoms with van der Waals surface area (Å²) in [6.45, 7) is 9.84. The maximum Gasteiger partial charge on any atom is 0.194 e. The summed E-state index contributed by atoms with van der Waals surface area (Å²) in [6, 6.07) is 0. The van der Waals surface area contributed by atoms with Crippen LogP contribution in [0.1, 0.15) is 19.8 Å². The minimum atomic E-state index is 0. The second kappa shape index (κ2) is 10.6. The van der Waals surface area contributed by atoms with Crippen molar-refractivity contribution in [2.75, 3.05) is 39.9 Å². The summed E-state index contributed by atoms with van der Waals surface area (Å²) in [6.07, 6.45) is 4.49. The highest BCUT2D eigenvalue weighted by molar-refractivity contribution is 14.0. The van der Waals surface area contributed by atoms with Crippen LogP contribution in [0.2, 0.25) is 0 Å². The number of aliphatic imine (C=N–C) groups is 1. The third kappa shape index (κ3) is 7.92. The highest BCUT2D eigenvalue weighted by atomic mass is 127. The van der Waals surface area contributed by atoms with Gasteiger partial charge in [0.1, 0.15) is 0 Å². The topological polar surface area (TPSA) is 36.9 Å². The molecule has 0 unspecified atom stereocenters. The Bertz CT molecular complexity index is 255. The zero-order chi connectivity index (χ0) is 12.5. The number of guanidine groups is 1. The summed E-state index contributed by atoms with van der Waals surface area (Å²) in [5, 5.41) is 3.25. The standard InChI is InChI=1S/C13H25N3O.HI/c1-4-8-15-13(14-5-2)16(3)9-10-17-11-12-6-7-12;/h4,12H,1,5-11H2,2-3H3,(H,14,15);1H. The van der Waals surface area contributed by atoms with Crippen molar-refractivity contribution < 1.29 is 4.74 Å². The molecule has 1 N–H and O–H groups in total. The zero-order valence-corrected chi connectivity index (χ0v) is 13.9. The number of ether oxygens (including phenoxy) is 1. The fourth-order valence-corrected chi connectivity index (χ4v) is 1.46. The van der Waals surface area contributed by atoms with Gasteiger partial charge in [-0.3, -0.25) is 0 Å². The Morgan fingerprint density at radius 3 is 2.83 bits per heavy atom. The van der Waals surface area contributed by atoms with Gasteiger partial charge in [0, 0.05) is 26.7 Å². The maximum atomic E-state index is 5.62. The highest BCUT2D eigenvalue weighted by Gasteiger charge is 2.21. The van der Waals surface area contributed by atoms with E-state index in [4.69, 9.17) is 4.74 Å². The lowest BCUT2D eigenvalue weighted by Gasteiger charge is -2.21. The summed E-state index contributed by atoms with van der Waals surface area (Å²) < 4.78 is 5.62. The van der Waals surface area contributed by atoms with Gasteiger partial charge in [0.2, 0.25) is 0 Å². The van der Waals surface area contributed by atoms with Gasteiger partial charge in [0.15, 0.2) is 5.96 Å². The zero-order valence-electron chi connectivity index (χ0n) is 11.5. The van der Waals surface area contributed by atoms with E-state index in [1.54, 1.807) is 6.08 Å². The number of likely N-dealkylation sites (N-methyl/N-ethyl adjacent to an activating group) is 1. The van der Waals surface area contributed by atoms with Gasteiger partial charge in [0.25, 0.3) is 0 Å². The third-order valence-electron chi connectivity index (χ3n) is 2.69. The lowest BCUT2D eigenvalue weighted by Crippen LogP contribution is -2.40. The first-order chi connectivity index (χ1) is 8.27. The molecule has 0 aromatic carbocycles. The molecule has 1 rings (SSSR count). The van der Waals surface area contributed by atoms with Gasteiger partial charge in [-0.25, -0.2) is 4.99 Å². The molecule has 0 heterocycles. The minimum Gasteiger partial charge on any atom is -0.379 e. The first-order valence-electron chi connectivity index (χ1n) is 6.46. The van der Waals surface area contributed by atoms with Crippen molar-refractivity contribution in [3.05, 3.63) is 12.7 Å². The van der Waals surface area contributed by atoms with E-state index >= 15 is 0 Å². The number of halogens is 1. The van der Waals surface area contributed by atoms with Gasteiger partial charge in [0.05, 0.1) is 13.2 Å². The molecule has 5 heteroatoms. The molecule has 1 saturated carbocycles. The van der Waals surface area contributed by atoms with Crippen LogP contribution in [0.15, 0.2) is 17.6 Å². The molecule has 0 aromatic heterocycles. The first-order valence-corrected chi connectivity index (χ1v) is 6.46. The van der Waals surface area contributed by atoms with E-state index in [2.05, 4.69) is 28.7 Å². The Kier molecular flexibility index (Phi) is 10.4. The average Bonchev–Trinajstić information content (AvgIpc) is 3.13. The van der Waals surface area contributed by atoms with Crippen molar-refractivity contribution in [3.8, 4) is 0 Å². The van der Waals surface area contributed by atoms with Crippen LogP contribution in [0, 0.1) is 5.92 Å². The summed E-state index contributed by atoms with van der Waals surface area (Å²) in [5.74, 6) is 1.75. The third-order valence-corrected chi connectivity index (χ3v) is 2.69. The minimum absolute atomic E-state index is 0. The molecule has 4 nitrogen and oxygen atoms in total. The molecule has 1 aliphatic rings. The van der Waals surface area contributed by atoms with E-state index < -0.39 is 0 Å². The Morgan fingerprint density at radius 1 is 1.56 bits per heavy atom. The van der Waals surface area contributed by atoms with E-state index in [9.17, 15) is 0 Å². The molecule has 18 heavy (non-hydrogen) atoms. The van der Waals surface area contributed by atoms with Crippen LogP contribution in [0.3, 0.4) is 0 Å². The van der Waals surface area contributed by atoms with Crippen LogP contribution < -0.4 is 5.32 Å². The summed E-state index contributed by atoms with van der Waals surface area (Å²) in [5.41, 5.74) is 0. The largest absolute Gasteiger partial charge is 0.379 e. The summed E-state index contributed by atoms with van der Waals surface area (Å²) in [7, 11) is 2.03. The molecular weight excluding hydrogens is 341 g/mol. The molecule has 0 atom stereocenters. The molecule has 0 aromatic rings. The van der Waals surface area contributed by atoms with Crippen LogP contribution in [0.25, 0.3) is 0 Å². The van der Waals surface area contributed by atoms with Gasteiger partial charge in [-0.15, -0.1) is 30.6 Å². The normalized spacial score (nSPS) is 14.9. The number of nitrogens with zero attached hydrogens (tertiary/aromatic N) is 2. The molecule has 0 spiro atoms. The van der Waals surface area contributed by atoms with E-state index in [1.807, 2.05) is 7.05 Å². The van der Waals surface area contributed by atoms with Gasteiger partial charge in [-0.05, 0) is 25.7 Å². The van der Waals surface area contributed by atoms with Gasteiger partial charge < -0.3 is 15.0 Å². The number of hydrogen-bond acceptors (Lipinski definition) is 2. The predicted molar refractivity (Wildman–Crippen MR) is 87.8 cm³/mol. The number of nitrogens with one attached hydrogen (secondary N) is 1. The highest BCUT2D eigenvalue weighted by Crippen LogP contribution is 2.28. The molecule has 0 amide bonds. The monoisotopic (exact) mass is 367 g/mol. The van der Waals surface area contributed by atoms with Crippen LogP contribution in [0.5, 0.6) is 0 Å². The molecule has 106 valence electrons. The van der Waals surface area contributed by atoms with Gasteiger partial charge >= 0.3 is 0 Å². The molecule has 1 fully saturated rings. The molecule has 0 radical (unpaired) electrons. The molecule has 0 bridgehead atoms. The molecule has 0 saturated heterocycles. The van der Waals surface area contributed by atoms with Crippen molar-refractivity contribution in [3.63, 3.8) is 0 Å². The van der Waals surface area contributed by atoms with E-state index in [-0.39, 0.29) is 24.0 Å². The maximum absolute atomic E-state index is 5.62. The van der Waals surface area contributed by atoms with Crippen LogP contribution in [-0.4, -0.2) is 50.8 Å². The van der Waals surface area contributed by atoms with Crippen molar-refractivity contribution in [2.24, 2.45) is 10.9 Å². The fourth-order valence-electron chi connectivity index (χ4n) is 1.46. The van der Waals surface area contributed by atoms with Crippen molar-refractivity contribution in [1.82, 2.24) is 10.2 Å². The van der Waals surface area contributed by atoms with E-state index in [1.165, 1.54) is 12.8 Å². The number of rotatable bonds is 8. The average molecular weight is 367 g/mol. The van der Waals surface area contributed by atoms with Crippen molar-refractivity contribution >= 4 is 29.9 Å². The Morgan fingerprint density at radius 2 is 2.28 bits per heavy atom. The Balaban J connectivity index is 0.00000289. The van der Waals surface area contributed by atoms with Crippen LogP contribution in [-0.2, 0) is 4.74 Å². The first kappa shape index (κ1) is 17.7. The predicted octanol–water partition coefficient (Wildman–Crippen LogP) is 2.11. The van der Waals surface area contributed by atoms with Crippen molar-refractivity contribution in [1.29, 1.82) is 0 Å². The van der Waals surface area contributed by atoms with Crippen LogP contribution >= 0.6 is 24.0 Å². The van der Waals surface area contributed by atoms with Crippen LogP contribution in [0.4, 0.5) is 0 Å². The fraction of sp³-hybridized carbons (Fsp3) is 0.769. The van der Waals surface area contributed by atoms with Gasteiger partial charge in [-0.2, -0.15) is 0 Å². The Labute approximate surface area is 128 Å². The molecule has 1 aliphatic carbocycles. The van der Waals surface area contributed by atoms with E-state index in [0.29, 0.717) is 6.54 Å². The van der Waals surface area contributed by atoms with E-state index in [0.717, 1.165) is 38.2 Å². The number of hydrogen-bond donors (Lipinski definition) is 1. The van der Waals surface area contributed by atoms with Gasteiger partial charge in [-0.1, -0.05) is 6.08 Å². The Hall–Kier alpha value is -0.300. The summed E-state index contributed by atoms with van der Waals surface area (Å²) >= 11 is 0. The molecule has 0 aliphatic heterocycles. The molecular formula is C13H26IN3O. The second-order valence-electron chi connectivity index (χ2n) is 4.42. The SMILES string of the molecule is C=CCN=C(NCC)N(C)CCOCC1CC1.I. The smallest absolute Gasteiger partial charge is 0.194 e. The summed E-state index contributed by atoms with van der Waals surface area (Å²) in [4.78, 5) is 6.51. The second-order valence-corrected chi connectivity index (χ2v) is 4.42. The van der Waals surface area contributed by atoms with Crippen molar-refractivity contribution in [2.45, 2.75) is 19.8 Å². The lowest BCUT2D eigenvalue weighted by molar-refractivity contribution is 0.115. The lowest BCUT2D eigenvalue weighted by atomic mass is 10.5.